The van der Waals surface area contributed by atoms with Crippen LogP contribution in [0.25, 0.3) is 0 Å². The average molecular weight is 492 g/mol. The van der Waals surface area contributed by atoms with Crippen LogP contribution in [0.15, 0.2) is 66.7 Å². The van der Waals surface area contributed by atoms with E-state index < -0.39 is 11.6 Å². The maximum Gasteiger partial charge on any atom is 0.323 e. The van der Waals surface area contributed by atoms with Crippen LogP contribution in [-0.4, -0.2) is 47.7 Å². The highest BCUT2D eigenvalue weighted by Crippen LogP contribution is 2.38. The van der Waals surface area contributed by atoms with E-state index >= 15 is 0 Å². The molecule has 0 saturated heterocycles. The molecule has 0 saturated carbocycles. The summed E-state index contributed by atoms with van der Waals surface area (Å²) in [4.78, 5) is 25.9. The lowest BCUT2D eigenvalue weighted by Gasteiger charge is -2.24. The van der Waals surface area contributed by atoms with Crippen molar-refractivity contribution in [3.8, 4) is 11.5 Å². The summed E-state index contributed by atoms with van der Waals surface area (Å²) in [6.45, 7) is 1.88. The number of hydrogen-bond donors (Lipinski definition) is 1. The minimum atomic E-state index is -1.06. The summed E-state index contributed by atoms with van der Waals surface area (Å²) in [7, 11) is 1.59. The van der Waals surface area contributed by atoms with Crippen molar-refractivity contribution in [3.05, 3.63) is 94.8 Å². The summed E-state index contributed by atoms with van der Waals surface area (Å²) in [5, 5.41) is 9.35. The largest absolute Gasteiger partial charge is 0.497 e. The van der Waals surface area contributed by atoms with Crippen LogP contribution >= 0.6 is 0 Å². The third kappa shape index (κ3) is 6.22. The predicted molar refractivity (Wildman–Crippen MR) is 134 cm³/mol. The molecule has 1 aliphatic rings. The van der Waals surface area contributed by atoms with Gasteiger partial charge in [-0.15, -0.1) is 0 Å². The van der Waals surface area contributed by atoms with Crippen molar-refractivity contribution < 1.29 is 28.6 Å². The quantitative estimate of drug-likeness (QED) is 0.453. The van der Waals surface area contributed by atoms with Crippen LogP contribution in [0.4, 0.5) is 4.39 Å². The number of carbonyl (C=O) groups is 2. The zero-order chi connectivity index (χ0) is 25.7. The monoisotopic (exact) mass is 491 g/mol. The molecule has 0 radical (unpaired) electrons. The van der Waals surface area contributed by atoms with Crippen molar-refractivity contribution in [2.75, 3.05) is 20.2 Å². The molecule has 7 heteroatoms. The van der Waals surface area contributed by atoms with Gasteiger partial charge in [-0.2, -0.15) is 0 Å². The molecular formula is C29H30FNO5. The fourth-order valence-corrected chi connectivity index (χ4v) is 4.66. The number of amides is 1. The fraction of sp³-hybridized carbons (Fsp3) is 0.310. The summed E-state index contributed by atoms with van der Waals surface area (Å²) in [6, 6.07) is 19.8. The number of carboxylic acid groups (broad SMARTS) is 1. The van der Waals surface area contributed by atoms with E-state index in [9.17, 15) is 19.1 Å². The molecule has 1 heterocycles. The Morgan fingerprint density at radius 2 is 1.89 bits per heavy atom. The highest BCUT2D eigenvalue weighted by molar-refractivity contribution is 5.83. The first-order chi connectivity index (χ1) is 17.2. The van der Waals surface area contributed by atoms with Crippen molar-refractivity contribution in [1.82, 2.24) is 4.90 Å². The number of halogens is 1. The Balaban J connectivity index is 1.42. The Hall–Kier alpha value is -3.87. The molecule has 36 heavy (non-hydrogen) atoms. The smallest absolute Gasteiger partial charge is 0.323 e. The van der Waals surface area contributed by atoms with Crippen molar-refractivity contribution in [3.63, 3.8) is 0 Å². The standard InChI is InChI=1S/C29H30FNO5/c1-29(17-22-7-3-4-9-25(22)30)18-23-14-21(10-11-26(23)36-29)16-27(32)31(19-28(33)34)13-12-20-6-5-8-24(15-20)35-2/h3-11,14-15H,12-13,16-19H2,1-2H3,(H,33,34). The third-order valence-corrected chi connectivity index (χ3v) is 6.41. The highest BCUT2D eigenvalue weighted by atomic mass is 19.1. The Kier molecular flexibility index (Phi) is 7.58. The van der Waals surface area contributed by atoms with E-state index in [0.29, 0.717) is 30.6 Å². The van der Waals surface area contributed by atoms with Crippen molar-refractivity contribution in [1.29, 1.82) is 0 Å². The second kappa shape index (κ2) is 10.8. The summed E-state index contributed by atoms with van der Waals surface area (Å²) < 4.78 is 25.6. The first-order valence-electron chi connectivity index (χ1n) is 11.9. The molecule has 1 amide bonds. The number of ether oxygens (including phenoxy) is 2. The maximum absolute atomic E-state index is 14.2. The topological polar surface area (TPSA) is 76.1 Å². The van der Waals surface area contributed by atoms with Gasteiger partial charge in [0.1, 0.15) is 29.5 Å². The number of nitrogens with zero attached hydrogens (tertiary/aromatic N) is 1. The van der Waals surface area contributed by atoms with E-state index in [1.54, 1.807) is 19.2 Å². The van der Waals surface area contributed by atoms with Gasteiger partial charge in [0, 0.05) is 19.4 Å². The Bertz CT molecular complexity index is 1260. The fourth-order valence-electron chi connectivity index (χ4n) is 4.66. The van der Waals surface area contributed by atoms with E-state index in [1.807, 2.05) is 55.5 Å². The Labute approximate surface area is 210 Å². The summed E-state index contributed by atoms with van der Waals surface area (Å²) in [5.74, 6) is -0.123. The van der Waals surface area contributed by atoms with Gasteiger partial charge in [0.15, 0.2) is 0 Å². The molecule has 1 unspecified atom stereocenters. The lowest BCUT2D eigenvalue weighted by molar-refractivity contribution is -0.144. The van der Waals surface area contributed by atoms with Gasteiger partial charge in [-0.1, -0.05) is 42.5 Å². The van der Waals surface area contributed by atoms with Crippen LogP contribution in [0.5, 0.6) is 11.5 Å². The van der Waals surface area contributed by atoms with Gasteiger partial charge in [-0.05, 0) is 59.9 Å². The molecule has 0 spiro atoms. The van der Waals surface area contributed by atoms with Crippen LogP contribution in [0, 0.1) is 5.82 Å². The van der Waals surface area contributed by atoms with Gasteiger partial charge in [0.2, 0.25) is 5.91 Å². The molecule has 3 aromatic rings. The lowest BCUT2D eigenvalue weighted by Crippen LogP contribution is -2.38. The van der Waals surface area contributed by atoms with Crippen LogP contribution in [0.2, 0.25) is 0 Å². The number of hydrogen-bond acceptors (Lipinski definition) is 4. The van der Waals surface area contributed by atoms with Gasteiger partial charge in [0.05, 0.1) is 13.5 Å². The first-order valence-corrected chi connectivity index (χ1v) is 11.9. The summed E-state index contributed by atoms with van der Waals surface area (Å²) >= 11 is 0. The van der Waals surface area contributed by atoms with E-state index in [4.69, 9.17) is 9.47 Å². The molecule has 0 aromatic heterocycles. The van der Waals surface area contributed by atoms with Crippen LogP contribution in [0.3, 0.4) is 0 Å². The number of methoxy groups -OCH3 is 1. The molecule has 1 N–H and O–H groups in total. The molecule has 0 bridgehead atoms. The zero-order valence-corrected chi connectivity index (χ0v) is 20.5. The molecule has 4 rings (SSSR count). The Morgan fingerprint density at radius 3 is 2.64 bits per heavy atom. The van der Waals surface area contributed by atoms with Gasteiger partial charge >= 0.3 is 5.97 Å². The number of benzene rings is 3. The second-order valence-corrected chi connectivity index (χ2v) is 9.43. The second-order valence-electron chi connectivity index (χ2n) is 9.43. The van der Waals surface area contributed by atoms with Gasteiger partial charge in [-0.3, -0.25) is 9.59 Å². The van der Waals surface area contributed by atoms with Crippen molar-refractivity contribution >= 4 is 11.9 Å². The van der Waals surface area contributed by atoms with Crippen LogP contribution in [0.1, 0.15) is 29.2 Å². The summed E-state index contributed by atoms with van der Waals surface area (Å²) in [6.07, 6.45) is 1.62. The Morgan fingerprint density at radius 1 is 1.08 bits per heavy atom. The van der Waals surface area contributed by atoms with Gasteiger partial charge < -0.3 is 19.5 Å². The predicted octanol–water partition coefficient (Wildman–Crippen LogP) is 4.47. The summed E-state index contributed by atoms with van der Waals surface area (Å²) in [5.41, 5.74) is 2.72. The molecule has 1 atom stereocenters. The number of aliphatic carboxylic acids is 1. The minimum absolute atomic E-state index is 0.0860. The molecular weight excluding hydrogens is 461 g/mol. The number of carboxylic acids is 1. The average Bonchev–Trinajstić information content (AvgIpc) is 3.18. The van der Waals surface area contributed by atoms with E-state index in [1.165, 1.54) is 11.0 Å². The van der Waals surface area contributed by atoms with Crippen LogP contribution in [-0.2, 0) is 35.3 Å². The van der Waals surface area contributed by atoms with Crippen molar-refractivity contribution in [2.45, 2.75) is 38.2 Å². The maximum atomic E-state index is 14.2. The van der Waals surface area contributed by atoms with E-state index in [0.717, 1.165) is 22.4 Å². The molecule has 188 valence electrons. The van der Waals surface area contributed by atoms with E-state index in [2.05, 4.69) is 0 Å². The third-order valence-electron chi connectivity index (χ3n) is 6.41. The number of rotatable bonds is 10. The SMILES string of the molecule is COc1cccc(CCN(CC(=O)O)C(=O)Cc2ccc3c(c2)CC(C)(Cc2ccccc2F)O3)c1. The molecule has 0 aliphatic carbocycles. The van der Waals surface area contributed by atoms with Crippen molar-refractivity contribution in [2.24, 2.45) is 0 Å². The molecule has 3 aromatic carbocycles. The lowest BCUT2D eigenvalue weighted by atomic mass is 9.91. The zero-order valence-electron chi connectivity index (χ0n) is 20.5. The number of fused-ring (bicyclic) bond motifs is 1. The van der Waals surface area contributed by atoms with Gasteiger partial charge in [0.25, 0.3) is 0 Å². The first kappa shape index (κ1) is 25.2. The molecule has 1 aliphatic heterocycles. The molecule has 6 nitrogen and oxygen atoms in total. The highest BCUT2D eigenvalue weighted by Gasteiger charge is 2.35. The minimum Gasteiger partial charge on any atom is -0.497 e. The normalized spacial score (nSPS) is 16.2. The number of carbonyl (C=O) groups excluding carboxylic acids is 1. The van der Waals surface area contributed by atoms with Gasteiger partial charge in [-0.25, -0.2) is 4.39 Å². The van der Waals surface area contributed by atoms with E-state index in [-0.39, 0.29) is 31.2 Å². The van der Waals surface area contributed by atoms with Crippen LogP contribution < -0.4 is 9.47 Å². The molecule has 0 fully saturated rings.